The fourth-order valence-electron chi connectivity index (χ4n) is 0.479. The monoisotopic (exact) mass is 500 g/mol. The van der Waals surface area contributed by atoms with E-state index in [1.807, 2.05) is 0 Å². The molecule has 0 unspecified atom stereocenters. The first-order valence-electron chi connectivity index (χ1n) is 3.91. The molecule has 0 saturated carbocycles. The molecule has 0 bridgehead atoms. The van der Waals surface area contributed by atoms with Gasteiger partial charge in [0.1, 0.15) is 5.97 Å². The zero-order valence-electron chi connectivity index (χ0n) is 14.7. The van der Waals surface area contributed by atoms with Crippen LogP contribution in [-0.4, -0.2) is 123 Å². The van der Waals surface area contributed by atoms with Crippen LogP contribution in [-0.2, 0) is 40.1 Å². The second kappa shape index (κ2) is 38.4. The van der Waals surface area contributed by atoms with Gasteiger partial charge in [0, 0.05) is 0 Å². The Hall–Kier alpha value is -1.24. The molecular weight excluding hydrogens is 482 g/mol. The third-order valence-electron chi connectivity index (χ3n) is 1.11. The van der Waals surface area contributed by atoms with Crippen molar-refractivity contribution in [1.82, 2.24) is 0 Å². The Morgan fingerprint density at radius 3 is 1.03 bits per heavy atom. The summed E-state index contributed by atoms with van der Waals surface area (Å²) in [5.74, 6) is -10.8. The maximum Gasteiger partial charge on any atom is 2.00 e. The summed E-state index contributed by atoms with van der Waals surface area (Å²) in [5.41, 5.74) is 0. The van der Waals surface area contributed by atoms with Gasteiger partial charge in [0.2, 0.25) is 0 Å². The van der Waals surface area contributed by atoms with Gasteiger partial charge in [0.15, 0.2) is 0 Å². The molecule has 1 fully saturated rings. The molecule has 1 aliphatic heterocycles. The molecular formula is C6H18AlMgNaO21. The van der Waals surface area contributed by atoms with Crippen molar-refractivity contribution in [3.8, 4) is 0 Å². The molecule has 18 N–H and O–H groups in total. The number of carboxylic acids is 3. The third kappa shape index (κ3) is 34.3. The summed E-state index contributed by atoms with van der Waals surface area (Å²) in [6.07, 6.45) is 0. The molecule has 0 aromatic rings. The van der Waals surface area contributed by atoms with Gasteiger partial charge in [-0.2, -0.15) is 0 Å². The zero-order valence-corrected chi connectivity index (χ0v) is 19.3. The Balaban J connectivity index is -0.0000000175. The molecule has 1 aliphatic rings. The van der Waals surface area contributed by atoms with Crippen LogP contribution in [0.3, 0.4) is 0 Å². The summed E-state index contributed by atoms with van der Waals surface area (Å²) in [7, 11) is 0. The molecule has 0 radical (unpaired) electrons. The second-order valence-electron chi connectivity index (χ2n) is 2.37. The largest absolute Gasteiger partial charge is 2.00 e. The first-order valence-corrected chi connectivity index (χ1v) is 5.32. The minimum Gasteiger partial charge on any atom is -0.546 e. The predicted molar refractivity (Wildman–Crippen MR) is 77.3 cm³/mol. The van der Waals surface area contributed by atoms with E-state index >= 15 is 0 Å². The molecule has 30 heavy (non-hydrogen) atoms. The van der Waals surface area contributed by atoms with E-state index < -0.39 is 51.0 Å². The van der Waals surface area contributed by atoms with Crippen molar-refractivity contribution in [2.45, 2.75) is 0 Å². The van der Waals surface area contributed by atoms with Gasteiger partial charge >= 0.3 is 85.7 Å². The molecule has 0 aromatic carbocycles. The molecule has 1 saturated heterocycles. The Labute approximate surface area is 207 Å². The second-order valence-corrected chi connectivity index (χ2v) is 3.65. The maximum atomic E-state index is 10.3. The van der Waals surface area contributed by atoms with Gasteiger partial charge in [-0.1, -0.05) is 0 Å². The molecule has 0 atom stereocenters. The molecule has 0 spiro atoms. The van der Waals surface area contributed by atoms with E-state index in [4.69, 9.17) is 19.8 Å². The van der Waals surface area contributed by atoms with Crippen molar-refractivity contribution in [3.05, 3.63) is 0 Å². The average molecular weight is 500 g/mol. The van der Waals surface area contributed by atoms with Crippen LogP contribution in [0.25, 0.3) is 0 Å². The van der Waals surface area contributed by atoms with Crippen LogP contribution < -0.4 is 44.9 Å². The molecule has 0 aliphatic carbocycles. The number of carboxylic acid groups (broad SMARTS) is 3. The normalized spacial score (nSPS) is 7.93. The molecule has 174 valence electrons. The van der Waals surface area contributed by atoms with Crippen LogP contribution in [0, 0.1) is 0 Å². The smallest absolute Gasteiger partial charge is 0.546 e. The Bertz CT molecular complexity index is 440. The van der Waals surface area contributed by atoms with E-state index in [0.717, 1.165) is 0 Å². The van der Waals surface area contributed by atoms with Crippen LogP contribution in [0.1, 0.15) is 0 Å². The fraction of sp³-hybridized carbons (Fsp3) is 0. The van der Waals surface area contributed by atoms with E-state index in [1.54, 1.807) is 0 Å². The SMILES string of the molecule is O.O.O.O.O.O.O.O.O.O=C([O-])C(=O)[O-].O=C([O-])C(=O)[O][Al]1[O]C(=O)C(=O)[O]1.[Mg+2].[Na+]. The number of hydrogen-bond donors (Lipinski definition) is 0. The number of rotatable bonds is 1. The minimum atomic E-state index is -3.28. The number of carbonyl (C=O) groups is 6. The van der Waals surface area contributed by atoms with Crippen LogP contribution in [0.4, 0.5) is 0 Å². The minimum absolute atomic E-state index is 0. The first kappa shape index (κ1) is 78.9. The van der Waals surface area contributed by atoms with E-state index in [2.05, 4.69) is 11.4 Å². The quantitative estimate of drug-likeness (QED) is 0.239. The Kier molecular flexibility index (Phi) is 101. The molecule has 0 amide bonds. The van der Waals surface area contributed by atoms with Gasteiger partial charge < -0.3 is 90.4 Å². The number of carbonyl (C=O) groups excluding carboxylic acids is 6. The van der Waals surface area contributed by atoms with Crippen LogP contribution >= 0.6 is 0 Å². The van der Waals surface area contributed by atoms with Crippen molar-refractivity contribution in [2.24, 2.45) is 0 Å². The Morgan fingerprint density at radius 2 is 0.867 bits per heavy atom. The van der Waals surface area contributed by atoms with Crippen molar-refractivity contribution in [1.29, 1.82) is 0 Å². The number of aliphatic carboxylic acids is 3. The van der Waals surface area contributed by atoms with E-state index in [9.17, 15) is 24.3 Å². The summed E-state index contributed by atoms with van der Waals surface area (Å²) in [6.45, 7) is 0. The molecule has 1 rings (SSSR count). The summed E-state index contributed by atoms with van der Waals surface area (Å²) in [4.78, 5) is 58.6. The van der Waals surface area contributed by atoms with Gasteiger partial charge in [-0.05, 0) is 0 Å². The molecule has 24 heteroatoms. The third-order valence-corrected chi connectivity index (χ3v) is 2.33. The van der Waals surface area contributed by atoms with E-state index in [1.165, 1.54) is 0 Å². The van der Waals surface area contributed by atoms with Gasteiger partial charge in [0.05, 0.1) is 11.9 Å². The topological polar surface area (TPSA) is 483 Å². The standard InChI is InChI=1S/3C2H2O4.Al.Mg.Na.9H2O/c3*3-1(4)2(5)6;;;;;;;;;;;;/h3*(H,3,4)(H,5,6);;;;9*1H2/q;;;+3;+2;+1;;;;;;;;;/p-6. The van der Waals surface area contributed by atoms with Crippen molar-refractivity contribution >= 4 is 74.0 Å². The van der Waals surface area contributed by atoms with Crippen LogP contribution in [0.5, 0.6) is 0 Å². The van der Waals surface area contributed by atoms with Gasteiger partial charge in [0.25, 0.3) is 0 Å². The van der Waals surface area contributed by atoms with E-state index in [-0.39, 0.29) is 102 Å². The van der Waals surface area contributed by atoms with Crippen LogP contribution in [0.15, 0.2) is 0 Å². The summed E-state index contributed by atoms with van der Waals surface area (Å²) < 4.78 is 12.1. The first-order chi connectivity index (χ1) is 8.65. The van der Waals surface area contributed by atoms with Crippen molar-refractivity contribution in [3.63, 3.8) is 0 Å². The predicted octanol–water partition coefficient (Wildman–Crippen LogP) is -17.9. The van der Waals surface area contributed by atoms with Crippen molar-refractivity contribution in [2.75, 3.05) is 0 Å². The van der Waals surface area contributed by atoms with Gasteiger partial charge in [-0.3, -0.25) is 0 Å². The fourth-order valence-corrected chi connectivity index (χ4v) is 1.44. The van der Waals surface area contributed by atoms with E-state index in [0.29, 0.717) is 0 Å². The van der Waals surface area contributed by atoms with Gasteiger partial charge in [-0.25, -0.2) is 14.4 Å². The summed E-state index contributed by atoms with van der Waals surface area (Å²) in [6, 6.07) is 0. The Morgan fingerprint density at radius 1 is 0.633 bits per heavy atom. The molecule has 21 nitrogen and oxygen atoms in total. The zero-order chi connectivity index (χ0) is 15.2. The molecule has 0 aromatic heterocycles. The average Bonchev–Trinajstić information content (AvgIpc) is 2.58. The van der Waals surface area contributed by atoms with Gasteiger partial charge in [-0.15, -0.1) is 0 Å². The number of hydrogen-bond acceptors (Lipinski definition) is 12. The summed E-state index contributed by atoms with van der Waals surface area (Å²) in [5, 5.41) is 27.7. The summed E-state index contributed by atoms with van der Waals surface area (Å²) >= 11 is -3.28. The van der Waals surface area contributed by atoms with Crippen molar-refractivity contribution < 1.29 is 134 Å². The maximum absolute atomic E-state index is 10.3. The van der Waals surface area contributed by atoms with Crippen LogP contribution in [0.2, 0.25) is 0 Å². The molecule has 1 heterocycles.